The SMILES string of the molecule is C\C=C/C(=C\C=C\N)OC(=O)c1ccc(N)cc1. The van der Waals surface area contributed by atoms with Crippen LogP contribution in [0.5, 0.6) is 0 Å². The van der Waals surface area contributed by atoms with E-state index >= 15 is 0 Å². The topological polar surface area (TPSA) is 78.3 Å². The largest absolute Gasteiger partial charge is 0.423 e. The summed E-state index contributed by atoms with van der Waals surface area (Å²) in [4.78, 5) is 11.8. The predicted molar refractivity (Wildman–Crippen MR) is 72.5 cm³/mol. The number of nitrogens with two attached hydrogens (primary N) is 2. The van der Waals surface area contributed by atoms with E-state index in [2.05, 4.69) is 0 Å². The Morgan fingerprint density at radius 2 is 1.94 bits per heavy atom. The van der Waals surface area contributed by atoms with E-state index in [-0.39, 0.29) is 0 Å². The first-order valence-corrected chi connectivity index (χ1v) is 5.46. The molecule has 4 N–H and O–H groups in total. The highest BCUT2D eigenvalue weighted by atomic mass is 16.5. The smallest absolute Gasteiger partial charge is 0.343 e. The maximum absolute atomic E-state index is 11.8. The molecule has 1 aromatic rings. The first-order chi connectivity index (χ1) is 8.67. The molecule has 0 aromatic heterocycles. The number of carbonyl (C=O) groups is 1. The summed E-state index contributed by atoms with van der Waals surface area (Å²) >= 11 is 0. The summed E-state index contributed by atoms with van der Waals surface area (Å²) < 4.78 is 5.21. The molecule has 4 nitrogen and oxygen atoms in total. The van der Waals surface area contributed by atoms with Crippen molar-refractivity contribution in [2.24, 2.45) is 5.73 Å². The van der Waals surface area contributed by atoms with Crippen molar-refractivity contribution < 1.29 is 9.53 Å². The van der Waals surface area contributed by atoms with Gasteiger partial charge in [-0.1, -0.05) is 6.08 Å². The van der Waals surface area contributed by atoms with Gasteiger partial charge in [-0.2, -0.15) is 0 Å². The Morgan fingerprint density at radius 3 is 2.50 bits per heavy atom. The molecule has 0 radical (unpaired) electrons. The summed E-state index contributed by atoms with van der Waals surface area (Å²) in [6.45, 7) is 1.83. The van der Waals surface area contributed by atoms with E-state index in [9.17, 15) is 4.79 Å². The first-order valence-electron chi connectivity index (χ1n) is 5.46. The van der Waals surface area contributed by atoms with Gasteiger partial charge >= 0.3 is 5.97 Å². The van der Waals surface area contributed by atoms with Crippen molar-refractivity contribution in [2.45, 2.75) is 6.92 Å². The summed E-state index contributed by atoms with van der Waals surface area (Å²) in [7, 11) is 0. The van der Waals surface area contributed by atoms with Gasteiger partial charge in [-0.3, -0.25) is 0 Å². The van der Waals surface area contributed by atoms with Gasteiger partial charge < -0.3 is 16.2 Å². The van der Waals surface area contributed by atoms with Gasteiger partial charge in [-0.05, 0) is 55.6 Å². The van der Waals surface area contributed by atoms with Gasteiger partial charge in [0.25, 0.3) is 0 Å². The molecule has 0 aliphatic heterocycles. The van der Waals surface area contributed by atoms with Crippen molar-refractivity contribution in [3.63, 3.8) is 0 Å². The van der Waals surface area contributed by atoms with Crippen LogP contribution in [0.2, 0.25) is 0 Å². The number of allylic oxidation sites excluding steroid dienone is 4. The lowest BCUT2D eigenvalue weighted by molar-refractivity contribution is 0.0637. The lowest BCUT2D eigenvalue weighted by Gasteiger charge is -2.04. The Labute approximate surface area is 106 Å². The highest BCUT2D eigenvalue weighted by molar-refractivity contribution is 5.90. The molecule has 1 rings (SSSR count). The van der Waals surface area contributed by atoms with Gasteiger partial charge in [0, 0.05) is 5.69 Å². The lowest BCUT2D eigenvalue weighted by Crippen LogP contribution is -2.04. The average molecular weight is 244 g/mol. The maximum atomic E-state index is 11.8. The average Bonchev–Trinajstić information content (AvgIpc) is 2.37. The molecule has 0 saturated carbocycles. The molecule has 4 heteroatoms. The lowest BCUT2D eigenvalue weighted by atomic mass is 10.2. The number of nitrogen functional groups attached to an aromatic ring is 1. The van der Waals surface area contributed by atoms with Crippen LogP contribution in [0.15, 0.2) is 60.5 Å². The molecule has 1 aromatic carbocycles. The third-order valence-corrected chi connectivity index (χ3v) is 2.06. The highest BCUT2D eigenvalue weighted by Crippen LogP contribution is 2.10. The van der Waals surface area contributed by atoms with Crippen LogP contribution >= 0.6 is 0 Å². The number of carbonyl (C=O) groups excluding carboxylic acids is 1. The third-order valence-electron chi connectivity index (χ3n) is 2.06. The Kier molecular flexibility index (Phi) is 5.25. The molecule has 0 aliphatic rings. The molecule has 0 fully saturated rings. The predicted octanol–water partition coefficient (Wildman–Crippen LogP) is 2.36. The maximum Gasteiger partial charge on any atom is 0.343 e. The van der Waals surface area contributed by atoms with Crippen molar-refractivity contribution in [1.29, 1.82) is 0 Å². The Hall–Kier alpha value is -2.49. The van der Waals surface area contributed by atoms with Crippen LogP contribution < -0.4 is 11.5 Å². The van der Waals surface area contributed by atoms with Crippen LogP contribution in [0, 0.1) is 0 Å². The van der Waals surface area contributed by atoms with E-state index in [0.717, 1.165) is 0 Å². The van der Waals surface area contributed by atoms with Crippen molar-refractivity contribution in [2.75, 3.05) is 5.73 Å². The van der Waals surface area contributed by atoms with Gasteiger partial charge in [-0.25, -0.2) is 4.79 Å². The zero-order chi connectivity index (χ0) is 13.4. The standard InChI is InChI=1S/C14H16N2O2/c1-2-4-13(5-3-10-15)18-14(17)11-6-8-12(16)9-7-11/h2-10H,15-16H2,1H3/b4-2-,10-3+,13-5+. The number of benzene rings is 1. The molecule has 0 bridgehead atoms. The Balaban J connectivity index is 2.81. The molecule has 0 amide bonds. The number of ether oxygens (including phenoxy) is 1. The molecular formula is C14H16N2O2. The minimum Gasteiger partial charge on any atom is -0.423 e. The minimum absolute atomic E-state index is 0.418. The fourth-order valence-electron chi connectivity index (χ4n) is 1.22. The quantitative estimate of drug-likeness (QED) is 0.369. The normalized spacial score (nSPS) is 12.2. The van der Waals surface area contributed by atoms with Crippen molar-refractivity contribution in [3.05, 3.63) is 66.1 Å². The van der Waals surface area contributed by atoms with E-state index in [1.54, 1.807) is 48.6 Å². The summed E-state index contributed by atoms with van der Waals surface area (Å²) in [6, 6.07) is 6.53. The van der Waals surface area contributed by atoms with Gasteiger partial charge in [0.2, 0.25) is 0 Å². The zero-order valence-electron chi connectivity index (χ0n) is 10.2. The fourth-order valence-corrected chi connectivity index (χ4v) is 1.22. The highest BCUT2D eigenvalue weighted by Gasteiger charge is 2.07. The minimum atomic E-state index is -0.440. The first kappa shape index (κ1) is 13.6. The van der Waals surface area contributed by atoms with E-state index < -0.39 is 5.97 Å². The van der Waals surface area contributed by atoms with Gasteiger partial charge in [0.1, 0.15) is 5.76 Å². The summed E-state index contributed by atoms with van der Waals surface area (Å²) in [6.07, 6.45) is 8.00. The number of rotatable bonds is 4. The van der Waals surface area contributed by atoms with Gasteiger partial charge in [-0.15, -0.1) is 0 Å². The van der Waals surface area contributed by atoms with E-state index in [0.29, 0.717) is 17.0 Å². The van der Waals surface area contributed by atoms with Crippen LogP contribution in [0.4, 0.5) is 5.69 Å². The number of hydrogen-bond donors (Lipinski definition) is 2. The second kappa shape index (κ2) is 6.96. The fraction of sp³-hybridized carbons (Fsp3) is 0.0714. The van der Waals surface area contributed by atoms with E-state index in [1.165, 1.54) is 6.20 Å². The van der Waals surface area contributed by atoms with E-state index in [4.69, 9.17) is 16.2 Å². The molecular weight excluding hydrogens is 228 g/mol. The van der Waals surface area contributed by atoms with Gasteiger partial charge in [0.05, 0.1) is 5.56 Å². The molecule has 0 unspecified atom stereocenters. The molecule has 0 spiro atoms. The second-order valence-electron chi connectivity index (χ2n) is 3.47. The summed E-state index contributed by atoms with van der Waals surface area (Å²) in [5.41, 5.74) is 11.8. The van der Waals surface area contributed by atoms with Crippen LogP contribution in [-0.4, -0.2) is 5.97 Å². The molecule has 0 atom stereocenters. The number of esters is 1. The Morgan fingerprint density at radius 1 is 1.28 bits per heavy atom. The number of anilines is 1. The molecule has 94 valence electrons. The zero-order valence-corrected chi connectivity index (χ0v) is 10.2. The monoisotopic (exact) mass is 244 g/mol. The molecule has 0 aliphatic carbocycles. The summed E-state index contributed by atoms with van der Waals surface area (Å²) in [5, 5.41) is 0. The number of hydrogen-bond acceptors (Lipinski definition) is 4. The third kappa shape index (κ3) is 4.17. The molecule has 0 saturated heterocycles. The molecule has 18 heavy (non-hydrogen) atoms. The van der Waals surface area contributed by atoms with Gasteiger partial charge in [0.15, 0.2) is 0 Å². The van der Waals surface area contributed by atoms with Crippen LogP contribution in [-0.2, 0) is 4.74 Å². The van der Waals surface area contributed by atoms with Crippen molar-refractivity contribution >= 4 is 11.7 Å². The second-order valence-corrected chi connectivity index (χ2v) is 3.47. The summed E-state index contributed by atoms with van der Waals surface area (Å²) in [5.74, 6) is -0.0224. The molecule has 0 heterocycles. The van der Waals surface area contributed by atoms with Crippen molar-refractivity contribution in [1.82, 2.24) is 0 Å². The van der Waals surface area contributed by atoms with Crippen LogP contribution in [0.3, 0.4) is 0 Å². The van der Waals surface area contributed by atoms with Crippen molar-refractivity contribution in [3.8, 4) is 0 Å². The van der Waals surface area contributed by atoms with E-state index in [1.807, 2.05) is 6.92 Å². The Bertz CT molecular complexity index is 485. The van der Waals surface area contributed by atoms with Crippen LogP contribution in [0.25, 0.3) is 0 Å². The van der Waals surface area contributed by atoms with Crippen LogP contribution in [0.1, 0.15) is 17.3 Å².